The van der Waals surface area contributed by atoms with Gasteiger partial charge in [-0.1, -0.05) is 25.9 Å². The Hall–Kier alpha value is -3.53. The molecule has 10 nitrogen and oxygen atoms in total. The van der Waals surface area contributed by atoms with E-state index in [4.69, 9.17) is 25.2 Å². The van der Waals surface area contributed by atoms with Crippen molar-refractivity contribution in [2.75, 3.05) is 6.61 Å². The van der Waals surface area contributed by atoms with Gasteiger partial charge in [0.25, 0.3) is 0 Å². The molecule has 0 aliphatic heterocycles. The van der Waals surface area contributed by atoms with Crippen LogP contribution >= 0.6 is 0 Å². The van der Waals surface area contributed by atoms with Gasteiger partial charge in [-0.3, -0.25) is 0 Å². The summed E-state index contributed by atoms with van der Waals surface area (Å²) in [5, 5.41) is 3.56. The predicted octanol–water partition coefficient (Wildman–Crippen LogP) is 5.90. The Bertz CT molecular complexity index is 1090. The summed E-state index contributed by atoms with van der Waals surface area (Å²) in [6.45, 7) is 4.24. The molecule has 184 valence electrons. The lowest BCUT2D eigenvalue weighted by Gasteiger charge is -2.39. The number of rotatable bonds is 10. The molecule has 1 aliphatic carbocycles. The van der Waals surface area contributed by atoms with E-state index < -0.39 is 23.7 Å². The Morgan fingerprint density at radius 1 is 1.32 bits per heavy atom. The average molecular weight is 479 g/mol. The second-order valence-corrected chi connectivity index (χ2v) is 9.18. The number of hydrogen-bond acceptors (Lipinski definition) is 7. The summed E-state index contributed by atoms with van der Waals surface area (Å²) in [5.74, 6) is 0.617. The highest BCUT2D eigenvalue weighted by Crippen LogP contribution is 2.46. The third-order valence-electron chi connectivity index (χ3n) is 5.73. The first-order chi connectivity index (χ1) is 15.9. The Morgan fingerprint density at radius 2 is 2.03 bits per heavy atom. The fourth-order valence-corrected chi connectivity index (χ4v) is 3.23. The minimum Gasteiger partial charge on any atom is -0.489 e. The van der Waals surface area contributed by atoms with E-state index in [0.29, 0.717) is 18.1 Å². The highest BCUT2D eigenvalue weighted by Gasteiger charge is 2.47. The third-order valence-corrected chi connectivity index (χ3v) is 5.73. The summed E-state index contributed by atoms with van der Waals surface area (Å²) in [5.41, 5.74) is 12.7. The maximum absolute atomic E-state index is 12.9. The Labute approximate surface area is 195 Å². The summed E-state index contributed by atoms with van der Waals surface area (Å²) in [6.07, 6.45) is 1.01. The molecule has 1 atom stereocenters. The molecule has 1 unspecified atom stereocenters. The monoisotopic (exact) mass is 479 g/mol. The molecule has 1 saturated carbocycles. The minimum absolute atomic E-state index is 0.0848. The van der Waals surface area contributed by atoms with E-state index in [9.17, 15) is 13.6 Å². The molecule has 0 spiro atoms. The molecule has 1 aromatic heterocycles. The number of azide groups is 1. The normalized spacial score (nSPS) is 15.4. The van der Waals surface area contributed by atoms with Crippen LogP contribution < -0.4 is 15.2 Å². The number of aromatic nitrogens is 1. The SMILES string of the molecule is CC(C)(C)C(C)(OC(N)=O)c1oc(-c2ccc(OC(F)F)c(OCC3CC3)c2)nc1CN=[N+]=[N-]. The standard InChI is InChI=1S/C22H27F2N5O5/c1-21(2,3)22(4,34-20(25)30)17-14(10-27-29-26)28-18(33-17)13-7-8-15(32-19(23)24)16(9-13)31-11-12-5-6-12/h7-9,12,19H,5-6,10-11H2,1-4H3,(H2,25,30). The molecule has 0 saturated heterocycles. The van der Waals surface area contributed by atoms with E-state index in [1.807, 2.05) is 20.8 Å². The van der Waals surface area contributed by atoms with Crippen LogP contribution in [0.1, 0.15) is 52.0 Å². The summed E-state index contributed by atoms with van der Waals surface area (Å²) in [7, 11) is 0. The molecule has 1 amide bonds. The molecule has 34 heavy (non-hydrogen) atoms. The molecule has 1 aliphatic rings. The summed E-state index contributed by atoms with van der Waals surface area (Å²) < 4.78 is 47.5. The van der Waals surface area contributed by atoms with Crippen LogP contribution in [0.15, 0.2) is 27.7 Å². The number of benzene rings is 1. The van der Waals surface area contributed by atoms with Gasteiger partial charge in [-0.25, -0.2) is 9.78 Å². The van der Waals surface area contributed by atoms with Gasteiger partial charge in [-0.15, -0.1) is 0 Å². The minimum atomic E-state index is -3.02. The van der Waals surface area contributed by atoms with Crippen LogP contribution in [-0.2, 0) is 16.9 Å². The summed E-state index contributed by atoms with van der Waals surface area (Å²) in [4.78, 5) is 18.9. The summed E-state index contributed by atoms with van der Waals surface area (Å²) >= 11 is 0. The predicted molar refractivity (Wildman–Crippen MR) is 117 cm³/mol. The van der Waals surface area contributed by atoms with Crippen LogP contribution in [0.5, 0.6) is 11.5 Å². The van der Waals surface area contributed by atoms with Gasteiger partial charge in [0.05, 0.1) is 18.8 Å². The number of amides is 1. The van der Waals surface area contributed by atoms with Crippen molar-refractivity contribution in [1.29, 1.82) is 0 Å². The van der Waals surface area contributed by atoms with E-state index in [1.165, 1.54) is 18.2 Å². The molecule has 0 bridgehead atoms. The molecule has 3 rings (SSSR count). The van der Waals surface area contributed by atoms with Crippen molar-refractivity contribution in [3.63, 3.8) is 0 Å². The third kappa shape index (κ3) is 5.69. The molecule has 1 aromatic carbocycles. The highest BCUT2D eigenvalue weighted by molar-refractivity contribution is 5.66. The van der Waals surface area contributed by atoms with Gasteiger partial charge in [0, 0.05) is 15.9 Å². The maximum atomic E-state index is 12.9. The van der Waals surface area contributed by atoms with E-state index in [1.54, 1.807) is 6.92 Å². The van der Waals surface area contributed by atoms with Gasteiger partial charge in [0.1, 0.15) is 0 Å². The molecule has 2 aromatic rings. The van der Waals surface area contributed by atoms with Gasteiger partial charge in [0.15, 0.2) is 22.9 Å². The second-order valence-electron chi connectivity index (χ2n) is 9.18. The number of nitrogens with two attached hydrogens (primary N) is 1. The van der Waals surface area contributed by atoms with Gasteiger partial charge in [0.2, 0.25) is 5.89 Å². The van der Waals surface area contributed by atoms with Crippen LogP contribution in [0.4, 0.5) is 13.6 Å². The Morgan fingerprint density at radius 3 is 2.59 bits per heavy atom. The number of nitrogens with zero attached hydrogens (tertiary/aromatic N) is 4. The fraction of sp³-hybridized carbons (Fsp3) is 0.545. The summed E-state index contributed by atoms with van der Waals surface area (Å²) in [6, 6.07) is 4.30. The lowest BCUT2D eigenvalue weighted by molar-refractivity contribution is -0.0710. The molecule has 2 N–H and O–H groups in total. The molecular weight excluding hydrogens is 452 g/mol. The van der Waals surface area contributed by atoms with Crippen LogP contribution in [0, 0.1) is 11.3 Å². The quantitative estimate of drug-likeness (QED) is 0.255. The van der Waals surface area contributed by atoms with Crippen molar-refractivity contribution in [1.82, 2.24) is 4.98 Å². The maximum Gasteiger partial charge on any atom is 0.405 e. The number of carbonyl (C=O) groups excluding carboxylic acids is 1. The van der Waals surface area contributed by atoms with E-state index in [0.717, 1.165) is 12.8 Å². The van der Waals surface area contributed by atoms with Crippen LogP contribution in [0.2, 0.25) is 0 Å². The van der Waals surface area contributed by atoms with Crippen molar-refractivity contribution < 1.29 is 32.2 Å². The second kappa shape index (κ2) is 9.76. The van der Waals surface area contributed by atoms with Gasteiger partial charge < -0.3 is 24.4 Å². The number of ether oxygens (including phenoxy) is 3. The Kier molecular flexibility index (Phi) is 7.21. The van der Waals surface area contributed by atoms with Gasteiger partial charge in [-0.05, 0) is 49.4 Å². The first-order valence-electron chi connectivity index (χ1n) is 10.7. The molecule has 12 heteroatoms. The van der Waals surface area contributed by atoms with Crippen LogP contribution in [0.25, 0.3) is 21.9 Å². The molecule has 1 fully saturated rings. The van der Waals surface area contributed by atoms with Gasteiger partial charge in [-0.2, -0.15) is 8.78 Å². The van der Waals surface area contributed by atoms with Crippen LogP contribution in [0.3, 0.4) is 0 Å². The van der Waals surface area contributed by atoms with Crippen molar-refractivity contribution in [2.45, 2.75) is 59.3 Å². The fourth-order valence-electron chi connectivity index (χ4n) is 3.23. The first kappa shape index (κ1) is 25.1. The lowest BCUT2D eigenvalue weighted by atomic mass is 9.75. The molecule has 0 radical (unpaired) electrons. The number of oxazole rings is 1. The van der Waals surface area contributed by atoms with Gasteiger partial charge >= 0.3 is 12.7 Å². The number of halogens is 2. The first-order valence-corrected chi connectivity index (χ1v) is 10.7. The smallest absolute Gasteiger partial charge is 0.405 e. The highest BCUT2D eigenvalue weighted by atomic mass is 19.3. The number of carbonyl (C=O) groups is 1. The zero-order valence-corrected chi connectivity index (χ0v) is 19.4. The number of alkyl halides is 2. The van der Waals surface area contributed by atoms with E-state index >= 15 is 0 Å². The van der Waals surface area contributed by atoms with E-state index in [2.05, 4.69) is 19.7 Å². The molecule has 1 heterocycles. The van der Waals surface area contributed by atoms with Crippen LogP contribution in [-0.4, -0.2) is 24.3 Å². The zero-order chi connectivity index (χ0) is 25.1. The lowest BCUT2D eigenvalue weighted by Crippen LogP contribution is -2.43. The largest absolute Gasteiger partial charge is 0.489 e. The van der Waals surface area contributed by atoms with Crippen molar-refractivity contribution in [3.05, 3.63) is 40.1 Å². The van der Waals surface area contributed by atoms with Crippen molar-refractivity contribution in [3.8, 4) is 23.0 Å². The van der Waals surface area contributed by atoms with Crippen molar-refractivity contribution >= 4 is 6.09 Å². The Balaban J connectivity index is 2.08. The number of hydrogen-bond donors (Lipinski definition) is 1. The van der Waals surface area contributed by atoms with Crippen molar-refractivity contribution in [2.24, 2.45) is 22.2 Å². The molecular formula is C22H27F2N5O5. The number of primary amides is 1. The van der Waals surface area contributed by atoms with E-state index in [-0.39, 0.29) is 35.4 Å². The topological polar surface area (TPSA) is 146 Å². The zero-order valence-electron chi connectivity index (χ0n) is 19.4. The average Bonchev–Trinajstić information content (AvgIpc) is 3.46.